The Morgan fingerprint density at radius 2 is 1.81 bits per heavy atom. The maximum Gasteiger partial charge on any atom is 0.388 e. The second kappa shape index (κ2) is 11.5. The van der Waals surface area contributed by atoms with Gasteiger partial charge in [0.05, 0.1) is 17.6 Å². The molecule has 1 aromatic carbocycles. The fraction of sp³-hybridized carbons (Fsp3) is 0.480. The van der Waals surface area contributed by atoms with Gasteiger partial charge in [-0.15, -0.1) is 0 Å². The van der Waals surface area contributed by atoms with Gasteiger partial charge in [-0.2, -0.15) is 8.78 Å². The molecule has 0 saturated carbocycles. The Hall–Kier alpha value is -3.12. The van der Waals surface area contributed by atoms with E-state index >= 15 is 0 Å². The van der Waals surface area contributed by atoms with Crippen molar-refractivity contribution in [2.24, 2.45) is 0 Å². The summed E-state index contributed by atoms with van der Waals surface area (Å²) in [5, 5.41) is 11.6. The number of hydrogen-bond donors (Lipinski definition) is 2. The SMILES string of the molecule is Cc1ccc(NC(=O)C2(c3ccccc3C(C)C)CCN(S(=O)(=O)CCC(=O)O)CC2)c(OC(F)F)n1. The van der Waals surface area contributed by atoms with E-state index in [0.29, 0.717) is 5.69 Å². The minimum absolute atomic E-state index is 0.00561. The minimum Gasteiger partial charge on any atom is -0.481 e. The number of rotatable bonds is 10. The van der Waals surface area contributed by atoms with E-state index in [2.05, 4.69) is 15.0 Å². The molecule has 9 nitrogen and oxygen atoms in total. The number of amides is 1. The quantitative estimate of drug-likeness (QED) is 0.469. The zero-order chi connectivity index (χ0) is 27.4. The number of nitrogens with zero attached hydrogens (tertiary/aromatic N) is 2. The number of ether oxygens (including phenoxy) is 1. The molecule has 0 radical (unpaired) electrons. The van der Waals surface area contributed by atoms with Gasteiger partial charge in [0.2, 0.25) is 21.8 Å². The molecule has 0 unspecified atom stereocenters. The molecule has 0 aliphatic carbocycles. The molecule has 202 valence electrons. The highest BCUT2D eigenvalue weighted by Crippen LogP contribution is 2.41. The average Bonchev–Trinajstić information content (AvgIpc) is 2.84. The number of hydrogen-bond acceptors (Lipinski definition) is 6. The predicted molar refractivity (Wildman–Crippen MR) is 133 cm³/mol. The van der Waals surface area contributed by atoms with Crippen LogP contribution in [0.15, 0.2) is 36.4 Å². The molecule has 3 rings (SSSR count). The number of aromatic nitrogens is 1. The molecule has 0 atom stereocenters. The average molecular weight is 540 g/mol. The Labute approximate surface area is 214 Å². The molecule has 2 heterocycles. The van der Waals surface area contributed by atoms with Gasteiger partial charge in [0.1, 0.15) is 5.69 Å². The van der Waals surface area contributed by atoms with Crippen molar-refractivity contribution in [2.75, 3.05) is 24.2 Å². The largest absolute Gasteiger partial charge is 0.481 e. The normalized spacial score (nSPS) is 16.1. The summed E-state index contributed by atoms with van der Waals surface area (Å²) >= 11 is 0. The molecule has 1 aromatic heterocycles. The molecular formula is C25H31F2N3O6S. The number of carbonyl (C=O) groups excluding carboxylic acids is 1. The number of aryl methyl sites for hydroxylation is 1. The van der Waals surface area contributed by atoms with Crippen LogP contribution < -0.4 is 10.1 Å². The van der Waals surface area contributed by atoms with Crippen LogP contribution in [0, 0.1) is 6.92 Å². The van der Waals surface area contributed by atoms with Crippen molar-refractivity contribution < 1.29 is 36.6 Å². The van der Waals surface area contributed by atoms with Crippen LogP contribution in [0.2, 0.25) is 0 Å². The third-order valence-corrected chi connectivity index (χ3v) is 8.40. The Bertz CT molecular complexity index is 1240. The number of pyridine rings is 1. The third-order valence-electron chi connectivity index (χ3n) is 6.52. The third kappa shape index (κ3) is 6.61. The lowest BCUT2D eigenvalue weighted by Gasteiger charge is -2.41. The van der Waals surface area contributed by atoms with Crippen LogP contribution >= 0.6 is 0 Å². The number of alkyl halides is 2. The summed E-state index contributed by atoms with van der Waals surface area (Å²) in [6.45, 7) is 2.41. The van der Waals surface area contributed by atoms with Gasteiger partial charge in [0.25, 0.3) is 0 Å². The van der Waals surface area contributed by atoms with Crippen molar-refractivity contribution in [3.63, 3.8) is 0 Å². The van der Waals surface area contributed by atoms with Gasteiger partial charge in [0, 0.05) is 18.8 Å². The van der Waals surface area contributed by atoms with Gasteiger partial charge in [-0.3, -0.25) is 9.59 Å². The zero-order valence-electron chi connectivity index (χ0n) is 20.9. The van der Waals surface area contributed by atoms with Crippen LogP contribution in [0.3, 0.4) is 0 Å². The number of nitrogens with one attached hydrogen (secondary N) is 1. The van der Waals surface area contributed by atoms with Crippen LogP contribution in [-0.2, 0) is 25.0 Å². The topological polar surface area (TPSA) is 126 Å². The fourth-order valence-corrected chi connectivity index (χ4v) is 6.02. The summed E-state index contributed by atoms with van der Waals surface area (Å²) < 4.78 is 57.2. The Balaban J connectivity index is 1.99. The van der Waals surface area contributed by atoms with Crippen LogP contribution in [0.25, 0.3) is 0 Å². The lowest BCUT2D eigenvalue weighted by molar-refractivity contribution is -0.136. The van der Waals surface area contributed by atoms with Crippen LogP contribution in [0.4, 0.5) is 14.5 Å². The highest BCUT2D eigenvalue weighted by molar-refractivity contribution is 7.89. The number of sulfonamides is 1. The predicted octanol–water partition coefficient (Wildman–Crippen LogP) is 3.89. The van der Waals surface area contributed by atoms with E-state index in [9.17, 15) is 26.8 Å². The summed E-state index contributed by atoms with van der Waals surface area (Å²) in [5.74, 6) is -2.60. The molecular weight excluding hydrogens is 508 g/mol. The molecule has 0 spiro atoms. The van der Waals surface area contributed by atoms with Crippen molar-refractivity contribution in [3.8, 4) is 5.88 Å². The van der Waals surface area contributed by atoms with Crippen molar-refractivity contribution in [2.45, 2.75) is 58.0 Å². The lowest BCUT2D eigenvalue weighted by Crippen LogP contribution is -2.51. The first kappa shape index (κ1) is 28.5. The fourth-order valence-electron chi connectivity index (χ4n) is 4.59. The highest BCUT2D eigenvalue weighted by Gasteiger charge is 2.46. The number of benzene rings is 1. The zero-order valence-corrected chi connectivity index (χ0v) is 21.7. The van der Waals surface area contributed by atoms with E-state index in [4.69, 9.17) is 5.11 Å². The second-order valence-corrected chi connectivity index (χ2v) is 11.4. The molecule has 1 aliphatic rings. The first-order valence-electron chi connectivity index (χ1n) is 11.9. The van der Waals surface area contributed by atoms with Crippen molar-refractivity contribution in [1.29, 1.82) is 0 Å². The maximum absolute atomic E-state index is 13.9. The maximum atomic E-state index is 13.9. The van der Waals surface area contributed by atoms with E-state index < -0.39 is 52.0 Å². The monoisotopic (exact) mass is 539 g/mol. The van der Waals surface area contributed by atoms with E-state index in [1.54, 1.807) is 19.1 Å². The van der Waals surface area contributed by atoms with E-state index in [0.717, 1.165) is 11.1 Å². The summed E-state index contributed by atoms with van der Waals surface area (Å²) in [7, 11) is -3.84. The van der Waals surface area contributed by atoms with Gasteiger partial charge >= 0.3 is 12.6 Å². The number of carboxylic acid groups (broad SMARTS) is 1. The number of carbonyl (C=O) groups is 2. The Kier molecular flexibility index (Phi) is 8.85. The summed E-state index contributed by atoms with van der Waals surface area (Å²) in [6.07, 6.45) is -0.299. The second-order valence-electron chi connectivity index (χ2n) is 9.32. The molecule has 1 saturated heterocycles. The minimum atomic E-state index is -3.84. The standard InChI is InChI=1S/C25H31F2N3O6S/c1-16(2)18-6-4-5-7-19(18)25(11-13-30(14-12-25)37(34,35)15-10-21(31)32)23(33)29-20-9-8-17(3)28-22(20)36-24(26)27/h4-9,16,24H,10-15H2,1-3H3,(H,29,33)(H,31,32). The summed E-state index contributed by atoms with van der Waals surface area (Å²) in [5.41, 5.74) is 0.863. The molecule has 1 fully saturated rings. The van der Waals surface area contributed by atoms with Crippen LogP contribution in [-0.4, -0.2) is 60.1 Å². The lowest BCUT2D eigenvalue weighted by atomic mass is 9.69. The molecule has 1 aliphatic heterocycles. The molecule has 12 heteroatoms. The number of anilines is 1. The van der Waals surface area contributed by atoms with Gasteiger partial charge in [-0.1, -0.05) is 38.1 Å². The number of piperidine rings is 1. The summed E-state index contributed by atoms with van der Waals surface area (Å²) in [4.78, 5) is 28.8. The first-order valence-corrected chi connectivity index (χ1v) is 13.5. The molecule has 2 N–H and O–H groups in total. The smallest absolute Gasteiger partial charge is 0.388 e. The van der Waals surface area contributed by atoms with Crippen molar-refractivity contribution in [3.05, 3.63) is 53.2 Å². The van der Waals surface area contributed by atoms with E-state index in [1.165, 1.54) is 10.4 Å². The van der Waals surface area contributed by atoms with Crippen LogP contribution in [0.5, 0.6) is 5.88 Å². The molecule has 0 bridgehead atoms. The molecule has 37 heavy (non-hydrogen) atoms. The highest BCUT2D eigenvalue weighted by atomic mass is 32.2. The number of halogens is 2. The van der Waals surface area contributed by atoms with Gasteiger partial charge < -0.3 is 15.2 Å². The van der Waals surface area contributed by atoms with Gasteiger partial charge in [0.15, 0.2) is 0 Å². The number of aliphatic carboxylic acids is 1. The Morgan fingerprint density at radius 1 is 1.16 bits per heavy atom. The van der Waals surface area contributed by atoms with Crippen LogP contribution in [0.1, 0.15) is 55.8 Å². The van der Waals surface area contributed by atoms with Gasteiger partial charge in [-0.05, 0) is 48.9 Å². The summed E-state index contributed by atoms with van der Waals surface area (Å²) in [6, 6.07) is 10.4. The molecule has 2 aromatic rings. The first-order chi connectivity index (χ1) is 17.4. The van der Waals surface area contributed by atoms with E-state index in [-0.39, 0.29) is 37.5 Å². The number of carboxylic acids is 1. The van der Waals surface area contributed by atoms with Crippen molar-refractivity contribution in [1.82, 2.24) is 9.29 Å². The van der Waals surface area contributed by atoms with E-state index in [1.807, 2.05) is 32.0 Å². The van der Waals surface area contributed by atoms with Gasteiger partial charge in [-0.25, -0.2) is 17.7 Å². The van der Waals surface area contributed by atoms with Crippen molar-refractivity contribution >= 4 is 27.6 Å². The molecule has 1 amide bonds. The Morgan fingerprint density at radius 3 is 2.41 bits per heavy atom.